The van der Waals surface area contributed by atoms with Gasteiger partial charge in [0.15, 0.2) is 0 Å². The van der Waals surface area contributed by atoms with E-state index >= 15 is 0 Å². The Morgan fingerprint density at radius 2 is 2.08 bits per heavy atom. The Hall–Kier alpha value is -1.89. The van der Waals surface area contributed by atoms with Gasteiger partial charge in [0.1, 0.15) is 5.82 Å². The highest BCUT2D eigenvalue weighted by Gasteiger charge is 2.34. The van der Waals surface area contributed by atoms with Gasteiger partial charge in [0.25, 0.3) is 5.91 Å². The zero-order chi connectivity index (χ0) is 18.1. The predicted octanol–water partition coefficient (Wildman–Crippen LogP) is 2.14. The highest BCUT2D eigenvalue weighted by Crippen LogP contribution is 2.36. The van der Waals surface area contributed by atoms with Crippen molar-refractivity contribution in [2.75, 3.05) is 10.6 Å². The van der Waals surface area contributed by atoms with Crippen LogP contribution in [0.5, 0.6) is 0 Å². The number of nitrogens with zero attached hydrogens (tertiary/aromatic N) is 2. The van der Waals surface area contributed by atoms with Crippen LogP contribution >= 0.6 is 0 Å². The van der Waals surface area contributed by atoms with E-state index in [-0.39, 0.29) is 22.6 Å². The lowest BCUT2D eigenvalue weighted by Gasteiger charge is -2.38. The second kappa shape index (κ2) is 6.55. The van der Waals surface area contributed by atoms with Gasteiger partial charge in [0.05, 0.1) is 17.7 Å². The third-order valence-electron chi connectivity index (χ3n) is 4.22. The molecule has 2 unspecified atom stereocenters. The molecule has 1 amide bonds. The molecular formula is C17H29N5O2. The topological polar surface area (TPSA) is 113 Å². The average molecular weight is 335 g/mol. The highest BCUT2D eigenvalue weighted by molar-refractivity contribution is 5.97. The molecule has 1 heterocycles. The van der Waals surface area contributed by atoms with Crippen molar-refractivity contribution in [1.82, 2.24) is 9.97 Å². The predicted molar refractivity (Wildman–Crippen MR) is 95.0 cm³/mol. The maximum atomic E-state index is 11.7. The number of aliphatic hydroxyl groups is 1. The van der Waals surface area contributed by atoms with Crippen molar-refractivity contribution in [3.8, 4) is 0 Å². The number of amides is 1. The normalized spacial score (nSPS) is 23.6. The summed E-state index contributed by atoms with van der Waals surface area (Å²) >= 11 is 0. The maximum absolute atomic E-state index is 11.7. The van der Waals surface area contributed by atoms with Gasteiger partial charge in [-0.05, 0) is 45.4 Å². The molecule has 2 rings (SSSR count). The van der Waals surface area contributed by atoms with E-state index in [1.54, 1.807) is 0 Å². The van der Waals surface area contributed by atoms with Crippen LogP contribution in [-0.2, 0) is 0 Å². The average Bonchev–Trinajstić information content (AvgIpc) is 2.39. The number of nitrogens with one attached hydrogen (secondary N) is 2. The number of primary amides is 1. The molecule has 0 saturated heterocycles. The molecule has 0 aliphatic heterocycles. The van der Waals surface area contributed by atoms with E-state index in [1.807, 2.05) is 20.8 Å². The highest BCUT2D eigenvalue weighted by atomic mass is 16.3. The molecule has 1 saturated carbocycles. The van der Waals surface area contributed by atoms with Crippen molar-refractivity contribution in [3.63, 3.8) is 0 Å². The molecule has 1 aliphatic rings. The summed E-state index contributed by atoms with van der Waals surface area (Å²) in [6.07, 6.45) is 3.42. The third-order valence-corrected chi connectivity index (χ3v) is 4.22. The second-order valence-corrected chi connectivity index (χ2v) is 8.42. The van der Waals surface area contributed by atoms with E-state index in [9.17, 15) is 9.90 Å². The molecule has 1 aromatic heterocycles. The lowest BCUT2D eigenvalue weighted by molar-refractivity contribution is 0.0548. The molecule has 1 fully saturated rings. The molecule has 0 bridgehead atoms. The summed E-state index contributed by atoms with van der Waals surface area (Å²) in [7, 11) is 0. The first-order valence-electron chi connectivity index (χ1n) is 8.36. The molecule has 7 nitrogen and oxygen atoms in total. The number of carbonyl (C=O) groups excluding carboxylic acids is 1. The monoisotopic (exact) mass is 335 g/mol. The number of rotatable bonds is 4. The van der Waals surface area contributed by atoms with Crippen LogP contribution in [0.1, 0.15) is 64.2 Å². The van der Waals surface area contributed by atoms with E-state index in [2.05, 4.69) is 34.4 Å². The van der Waals surface area contributed by atoms with Gasteiger partial charge in [0, 0.05) is 11.7 Å². The van der Waals surface area contributed by atoms with Gasteiger partial charge in [-0.2, -0.15) is 4.98 Å². The second-order valence-electron chi connectivity index (χ2n) is 8.42. The van der Waals surface area contributed by atoms with Gasteiger partial charge >= 0.3 is 0 Å². The number of anilines is 2. The van der Waals surface area contributed by atoms with E-state index < -0.39 is 12.0 Å². The Kier molecular flexibility index (Phi) is 5.03. The van der Waals surface area contributed by atoms with Crippen molar-refractivity contribution in [1.29, 1.82) is 0 Å². The summed E-state index contributed by atoms with van der Waals surface area (Å²) in [5, 5.41) is 16.8. The minimum Gasteiger partial charge on any atom is -0.391 e. The third kappa shape index (κ3) is 4.80. The maximum Gasteiger partial charge on any atom is 0.254 e. The van der Waals surface area contributed by atoms with Crippen LogP contribution in [0, 0.1) is 5.41 Å². The molecule has 134 valence electrons. The van der Waals surface area contributed by atoms with Crippen LogP contribution in [0.15, 0.2) is 6.20 Å². The van der Waals surface area contributed by atoms with Crippen LogP contribution in [-0.4, -0.2) is 38.7 Å². The summed E-state index contributed by atoms with van der Waals surface area (Å²) < 4.78 is 0. The smallest absolute Gasteiger partial charge is 0.254 e. The lowest BCUT2D eigenvalue weighted by atomic mass is 9.74. The molecule has 2 atom stereocenters. The molecule has 7 heteroatoms. The van der Waals surface area contributed by atoms with E-state index in [0.717, 1.165) is 12.8 Å². The molecule has 1 aliphatic carbocycles. The first-order valence-corrected chi connectivity index (χ1v) is 8.36. The SMILES string of the molecule is CC1(C)CCC(Nc2nc(NC(C)(C)C)ncc2C(N)=O)C(O)C1. The van der Waals surface area contributed by atoms with Crippen LogP contribution in [0.2, 0.25) is 0 Å². The number of nitrogens with two attached hydrogens (primary N) is 1. The Morgan fingerprint density at radius 1 is 1.42 bits per heavy atom. The number of hydrogen-bond donors (Lipinski definition) is 4. The molecular weight excluding hydrogens is 306 g/mol. The largest absolute Gasteiger partial charge is 0.391 e. The van der Waals surface area contributed by atoms with Crippen LogP contribution < -0.4 is 16.4 Å². The molecule has 5 N–H and O–H groups in total. The first kappa shape index (κ1) is 18.4. The van der Waals surface area contributed by atoms with Crippen molar-refractivity contribution in [2.24, 2.45) is 11.1 Å². The van der Waals surface area contributed by atoms with Gasteiger partial charge in [-0.25, -0.2) is 4.98 Å². The fourth-order valence-electron chi connectivity index (χ4n) is 2.96. The van der Waals surface area contributed by atoms with Gasteiger partial charge in [-0.1, -0.05) is 13.8 Å². The summed E-state index contributed by atoms with van der Waals surface area (Å²) in [6.45, 7) is 10.3. The number of carbonyl (C=O) groups is 1. The summed E-state index contributed by atoms with van der Waals surface area (Å²) in [5.74, 6) is 0.194. The quantitative estimate of drug-likeness (QED) is 0.670. The Bertz CT molecular complexity index is 609. The summed E-state index contributed by atoms with van der Waals surface area (Å²) in [4.78, 5) is 20.2. The fourth-order valence-corrected chi connectivity index (χ4v) is 2.96. The molecule has 0 aromatic carbocycles. The molecule has 0 radical (unpaired) electrons. The lowest BCUT2D eigenvalue weighted by Crippen LogP contribution is -2.42. The minimum absolute atomic E-state index is 0.120. The summed E-state index contributed by atoms with van der Waals surface area (Å²) in [5.41, 5.74) is 5.57. The number of hydrogen-bond acceptors (Lipinski definition) is 6. The first-order chi connectivity index (χ1) is 11.0. The van der Waals surface area contributed by atoms with Crippen molar-refractivity contribution >= 4 is 17.7 Å². The van der Waals surface area contributed by atoms with E-state index in [1.165, 1.54) is 6.20 Å². The summed E-state index contributed by atoms with van der Waals surface area (Å²) in [6, 6.07) is -0.159. The van der Waals surface area contributed by atoms with Crippen LogP contribution in [0.3, 0.4) is 0 Å². The van der Waals surface area contributed by atoms with E-state index in [0.29, 0.717) is 18.2 Å². The van der Waals surface area contributed by atoms with Gasteiger partial charge in [0.2, 0.25) is 5.95 Å². The molecule has 0 spiro atoms. The fraction of sp³-hybridized carbons (Fsp3) is 0.706. The Balaban J connectivity index is 2.23. The molecule has 1 aromatic rings. The van der Waals surface area contributed by atoms with Crippen molar-refractivity contribution in [3.05, 3.63) is 11.8 Å². The minimum atomic E-state index is -0.592. The van der Waals surface area contributed by atoms with Crippen molar-refractivity contribution in [2.45, 2.75) is 71.6 Å². The van der Waals surface area contributed by atoms with Crippen molar-refractivity contribution < 1.29 is 9.90 Å². The van der Waals surface area contributed by atoms with E-state index in [4.69, 9.17) is 5.73 Å². The zero-order valence-electron chi connectivity index (χ0n) is 15.2. The zero-order valence-corrected chi connectivity index (χ0v) is 15.2. The Morgan fingerprint density at radius 3 is 2.62 bits per heavy atom. The Labute approximate surface area is 143 Å². The number of aromatic nitrogens is 2. The van der Waals surface area contributed by atoms with Gasteiger partial charge in [-0.15, -0.1) is 0 Å². The van der Waals surface area contributed by atoms with Crippen LogP contribution in [0.4, 0.5) is 11.8 Å². The number of aliphatic hydroxyl groups excluding tert-OH is 1. The van der Waals surface area contributed by atoms with Gasteiger partial charge < -0.3 is 21.5 Å². The standard InChI is InChI=1S/C17H29N5O2/c1-16(2,3)22-15-19-9-10(13(18)24)14(21-15)20-11-6-7-17(4,5)8-12(11)23/h9,11-12,23H,6-8H2,1-5H3,(H2,18,24)(H2,19,20,21,22). The molecule has 24 heavy (non-hydrogen) atoms. The van der Waals surface area contributed by atoms with Gasteiger partial charge in [-0.3, -0.25) is 4.79 Å². The van der Waals surface area contributed by atoms with Crippen LogP contribution in [0.25, 0.3) is 0 Å².